The first-order valence-corrected chi connectivity index (χ1v) is 8.80. The molecule has 0 aromatic carbocycles. The molecule has 3 rings (SSSR count). The third-order valence-electron chi connectivity index (χ3n) is 3.79. The Hall–Kier alpha value is -0.980. The molecule has 0 aliphatic heterocycles. The third kappa shape index (κ3) is 4.01. The monoisotopic (exact) mass is 295 g/mol. The van der Waals surface area contributed by atoms with Gasteiger partial charge in [-0.15, -0.1) is 0 Å². The Morgan fingerprint density at radius 3 is 2.60 bits per heavy atom. The van der Waals surface area contributed by atoms with Gasteiger partial charge in [-0.3, -0.25) is 0 Å². The summed E-state index contributed by atoms with van der Waals surface area (Å²) in [6.45, 7) is 1.27. The molecule has 1 aromatic rings. The van der Waals surface area contributed by atoms with Crippen LogP contribution in [-0.4, -0.2) is 26.0 Å². The Morgan fingerprint density at radius 2 is 2.00 bits per heavy atom. The number of sulfonamides is 1. The van der Waals surface area contributed by atoms with Crippen LogP contribution in [0.1, 0.15) is 37.7 Å². The summed E-state index contributed by atoms with van der Waals surface area (Å²) < 4.78 is 26.7. The molecule has 2 aliphatic rings. The minimum Gasteiger partial charge on any atom is -0.310 e. The zero-order chi connectivity index (χ0) is 14.0. The lowest BCUT2D eigenvalue weighted by molar-refractivity contribution is 0.571. The predicted molar refractivity (Wildman–Crippen MR) is 76.6 cm³/mol. The Kier molecular flexibility index (Phi) is 4.05. The van der Waals surface area contributed by atoms with Crippen LogP contribution in [0.15, 0.2) is 23.4 Å². The van der Waals surface area contributed by atoms with E-state index in [9.17, 15) is 8.42 Å². The van der Waals surface area contributed by atoms with E-state index in [1.165, 1.54) is 25.7 Å². The summed E-state index contributed by atoms with van der Waals surface area (Å²) in [7, 11) is -3.45. The van der Waals surface area contributed by atoms with E-state index in [1.54, 1.807) is 12.3 Å². The van der Waals surface area contributed by atoms with Crippen molar-refractivity contribution in [3.8, 4) is 0 Å². The molecule has 0 unspecified atom stereocenters. The van der Waals surface area contributed by atoms with Crippen LogP contribution in [0.25, 0.3) is 0 Å². The zero-order valence-electron chi connectivity index (χ0n) is 11.5. The lowest BCUT2D eigenvalue weighted by Crippen LogP contribution is -2.26. The first-order chi connectivity index (χ1) is 9.63. The van der Waals surface area contributed by atoms with Crippen molar-refractivity contribution in [1.82, 2.24) is 15.0 Å². The van der Waals surface area contributed by atoms with Crippen molar-refractivity contribution in [2.24, 2.45) is 5.92 Å². The van der Waals surface area contributed by atoms with Crippen molar-refractivity contribution in [2.75, 3.05) is 6.54 Å². The molecule has 20 heavy (non-hydrogen) atoms. The van der Waals surface area contributed by atoms with E-state index in [0.29, 0.717) is 12.6 Å². The lowest BCUT2D eigenvalue weighted by atomic mass is 10.3. The van der Waals surface area contributed by atoms with Crippen LogP contribution in [0.3, 0.4) is 0 Å². The van der Waals surface area contributed by atoms with Crippen LogP contribution in [0.4, 0.5) is 0 Å². The number of nitrogens with one attached hydrogen (secondary N) is 2. The number of pyridine rings is 1. The summed E-state index contributed by atoms with van der Waals surface area (Å²) in [6, 6.07) is 4.06. The molecule has 0 radical (unpaired) electrons. The minimum atomic E-state index is -3.45. The molecule has 2 aliphatic carbocycles. The third-order valence-corrected chi connectivity index (χ3v) is 5.16. The van der Waals surface area contributed by atoms with Gasteiger partial charge in [0, 0.05) is 25.3 Å². The van der Waals surface area contributed by atoms with E-state index < -0.39 is 10.0 Å². The zero-order valence-corrected chi connectivity index (χ0v) is 12.3. The van der Waals surface area contributed by atoms with Crippen molar-refractivity contribution in [1.29, 1.82) is 0 Å². The van der Waals surface area contributed by atoms with Crippen molar-refractivity contribution >= 4 is 10.0 Å². The summed E-state index contributed by atoms with van der Waals surface area (Å²) >= 11 is 0. The van der Waals surface area contributed by atoms with E-state index in [4.69, 9.17) is 0 Å². The van der Waals surface area contributed by atoms with Gasteiger partial charge in [-0.25, -0.2) is 18.1 Å². The molecule has 0 amide bonds. The highest BCUT2D eigenvalue weighted by Gasteiger charge is 2.23. The van der Waals surface area contributed by atoms with Crippen LogP contribution in [0, 0.1) is 5.92 Å². The van der Waals surface area contributed by atoms with E-state index in [1.807, 2.05) is 6.07 Å². The molecule has 0 spiro atoms. The second-order valence-electron chi connectivity index (χ2n) is 5.79. The van der Waals surface area contributed by atoms with Crippen LogP contribution in [0.2, 0.25) is 0 Å². The molecular weight excluding hydrogens is 274 g/mol. The van der Waals surface area contributed by atoms with Gasteiger partial charge in [0.25, 0.3) is 10.0 Å². The summed E-state index contributed by atoms with van der Waals surface area (Å²) in [5, 5.41) is 3.49. The molecule has 2 saturated carbocycles. The normalized spacial score (nSPS) is 19.2. The highest BCUT2D eigenvalue weighted by atomic mass is 32.2. The maximum atomic E-state index is 12.0. The van der Waals surface area contributed by atoms with Gasteiger partial charge in [0.05, 0.1) is 0 Å². The summed E-state index contributed by atoms with van der Waals surface area (Å²) in [6.07, 6.45) is 7.54. The van der Waals surface area contributed by atoms with Crippen LogP contribution < -0.4 is 10.0 Å². The highest BCUT2D eigenvalue weighted by Crippen LogP contribution is 2.31. The van der Waals surface area contributed by atoms with Gasteiger partial charge in [0.2, 0.25) is 0 Å². The van der Waals surface area contributed by atoms with Gasteiger partial charge in [0.1, 0.15) is 0 Å². The van der Waals surface area contributed by atoms with E-state index in [2.05, 4.69) is 15.0 Å². The topological polar surface area (TPSA) is 71.1 Å². The number of hydrogen-bond donors (Lipinski definition) is 2. The molecule has 0 saturated heterocycles. The van der Waals surface area contributed by atoms with Gasteiger partial charge in [-0.1, -0.05) is 18.9 Å². The van der Waals surface area contributed by atoms with Gasteiger partial charge in [-0.2, -0.15) is 0 Å². The quantitative estimate of drug-likeness (QED) is 0.761. The van der Waals surface area contributed by atoms with Crippen molar-refractivity contribution < 1.29 is 8.42 Å². The first-order valence-electron chi connectivity index (χ1n) is 7.31. The van der Waals surface area contributed by atoms with Crippen LogP contribution >= 0.6 is 0 Å². The first kappa shape index (κ1) is 14.0. The average molecular weight is 295 g/mol. The maximum absolute atomic E-state index is 12.0. The summed E-state index contributed by atoms with van der Waals surface area (Å²) in [4.78, 5) is 4.07. The fourth-order valence-electron chi connectivity index (χ4n) is 2.10. The average Bonchev–Trinajstić information content (AvgIpc) is 3.31. The van der Waals surface area contributed by atoms with Gasteiger partial charge in [-0.05, 0) is 36.8 Å². The summed E-state index contributed by atoms with van der Waals surface area (Å²) in [5.74, 6) is 0.724. The van der Waals surface area contributed by atoms with Crippen molar-refractivity contribution in [3.05, 3.63) is 23.9 Å². The molecule has 2 fully saturated rings. The molecule has 0 atom stereocenters. The molecule has 2 N–H and O–H groups in total. The van der Waals surface area contributed by atoms with Crippen molar-refractivity contribution in [2.45, 2.75) is 49.7 Å². The molecule has 110 valence electrons. The standard InChI is InChI=1S/C14H21N3O2S/c18-20(19,17-8-7-11-1-2-11)14-6-3-12(10-16-14)9-15-13-4-5-13/h3,6,10-11,13,15,17H,1-2,4-5,7-9H2. The largest absolute Gasteiger partial charge is 0.310 e. The second kappa shape index (κ2) is 5.79. The smallest absolute Gasteiger partial charge is 0.258 e. The predicted octanol–water partition coefficient (Wildman–Crippen LogP) is 1.41. The molecular formula is C14H21N3O2S. The molecule has 1 heterocycles. The SMILES string of the molecule is O=S(=O)(NCCC1CC1)c1ccc(CNC2CC2)cn1. The molecule has 1 aromatic heterocycles. The molecule has 5 nitrogen and oxygen atoms in total. The number of aromatic nitrogens is 1. The van der Waals surface area contributed by atoms with E-state index in [-0.39, 0.29) is 5.03 Å². The number of rotatable bonds is 8. The molecule has 6 heteroatoms. The van der Waals surface area contributed by atoms with Crippen LogP contribution in [0.5, 0.6) is 0 Å². The number of nitrogens with zero attached hydrogens (tertiary/aromatic N) is 1. The molecule has 0 bridgehead atoms. The van der Waals surface area contributed by atoms with Gasteiger partial charge in [0.15, 0.2) is 5.03 Å². The van der Waals surface area contributed by atoms with E-state index >= 15 is 0 Å². The van der Waals surface area contributed by atoms with E-state index in [0.717, 1.165) is 24.4 Å². The highest BCUT2D eigenvalue weighted by molar-refractivity contribution is 7.89. The maximum Gasteiger partial charge on any atom is 0.258 e. The lowest BCUT2D eigenvalue weighted by Gasteiger charge is -2.07. The minimum absolute atomic E-state index is 0.114. The fourth-order valence-corrected chi connectivity index (χ4v) is 3.08. The Bertz CT molecular complexity index is 548. The van der Waals surface area contributed by atoms with Gasteiger partial charge >= 0.3 is 0 Å². The number of hydrogen-bond acceptors (Lipinski definition) is 4. The summed E-state index contributed by atoms with van der Waals surface area (Å²) in [5.41, 5.74) is 1.02. The van der Waals surface area contributed by atoms with Crippen molar-refractivity contribution in [3.63, 3.8) is 0 Å². The Balaban J connectivity index is 1.53. The Labute approximate surface area is 120 Å². The Morgan fingerprint density at radius 1 is 1.20 bits per heavy atom. The fraction of sp³-hybridized carbons (Fsp3) is 0.643. The van der Waals surface area contributed by atoms with Crippen LogP contribution in [-0.2, 0) is 16.6 Å². The second-order valence-corrected chi connectivity index (χ2v) is 7.50. The van der Waals surface area contributed by atoms with Gasteiger partial charge < -0.3 is 5.32 Å².